The van der Waals surface area contributed by atoms with Crippen LogP contribution >= 0.6 is 0 Å². The van der Waals surface area contributed by atoms with Gasteiger partial charge in [-0.25, -0.2) is 4.79 Å². The topological polar surface area (TPSA) is 49.3 Å². The molecule has 106 valence electrons. The first kappa shape index (κ1) is 12.2. The van der Waals surface area contributed by atoms with Crippen LogP contribution < -0.4 is 5.32 Å². The molecule has 3 fully saturated rings. The zero-order valence-corrected chi connectivity index (χ0v) is 11.6. The minimum Gasteiger partial charge on any atom is -0.478 e. The molecule has 0 heterocycles. The molecule has 3 aliphatic carbocycles. The summed E-state index contributed by atoms with van der Waals surface area (Å²) < 4.78 is 0. The highest BCUT2D eigenvalue weighted by molar-refractivity contribution is 5.88. The average Bonchev–Trinajstić information content (AvgIpc) is 3.13. The first-order valence-corrected chi connectivity index (χ1v) is 7.82. The Morgan fingerprint density at radius 2 is 1.80 bits per heavy atom. The van der Waals surface area contributed by atoms with E-state index in [1.54, 1.807) is 12.1 Å². The zero-order valence-electron chi connectivity index (χ0n) is 11.6. The Bertz CT molecular complexity index is 524. The fraction of sp³-hybridized carbons (Fsp3) is 0.588. The number of anilines is 1. The third kappa shape index (κ3) is 1.83. The Hall–Kier alpha value is -1.51. The molecule has 0 saturated heterocycles. The van der Waals surface area contributed by atoms with Gasteiger partial charge in [0.15, 0.2) is 0 Å². The molecule has 1 aromatic rings. The van der Waals surface area contributed by atoms with Crippen LogP contribution in [0.1, 0.15) is 42.5 Å². The number of aromatic carboxylic acids is 1. The van der Waals surface area contributed by atoms with E-state index in [-0.39, 0.29) is 0 Å². The van der Waals surface area contributed by atoms with Crippen LogP contribution in [0.15, 0.2) is 24.3 Å². The number of carboxylic acids is 1. The molecule has 0 amide bonds. The van der Waals surface area contributed by atoms with Gasteiger partial charge in [-0.3, -0.25) is 0 Å². The Labute approximate surface area is 119 Å². The predicted octanol–water partition coefficient (Wildman–Crippen LogP) is 3.62. The summed E-state index contributed by atoms with van der Waals surface area (Å²) >= 11 is 0. The highest BCUT2D eigenvalue weighted by Gasteiger charge is 2.53. The average molecular weight is 271 g/mol. The molecule has 20 heavy (non-hydrogen) atoms. The van der Waals surface area contributed by atoms with Crippen molar-refractivity contribution in [2.75, 3.05) is 5.32 Å². The van der Waals surface area contributed by atoms with E-state index in [4.69, 9.17) is 5.11 Å². The van der Waals surface area contributed by atoms with Gasteiger partial charge in [0.2, 0.25) is 0 Å². The lowest BCUT2D eigenvalue weighted by atomic mass is 9.80. The molecule has 5 atom stereocenters. The molecular weight excluding hydrogens is 250 g/mol. The molecule has 3 heteroatoms. The van der Waals surface area contributed by atoms with Crippen molar-refractivity contribution in [3.63, 3.8) is 0 Å². The van der Waals surface area contributed by atoms with E-state index in [0.29, 0.717) is 11.6 Å². The normalized spacial score (nSPS) is 37.9. The highest BCUT2D eigenvalue weighted by atomic mass is 16.4. The summed E-state index contributed by atoms with van der Waals surface area (Å²) in [5.74, 6) is 2.93. The van der Waals surface area contributed by atoms with E-state index in [1.807, 2.05) is 12.1 Å². The summed E-state index contributed by atoms with van der Waals surface area (Å²) in [5.41, 5.74) is 1.43. The third-order valence-corrected chi connectivity index (χ3v) is 5.92. The SMILES string of the molecule is O=C(O)c1ccc(NC2CCC3C4CCC(C4)C23)cc1. The second kappa shape index (κ2) is 4.51. The summed E-state index contributed by atoms with van der Waals surface area (Å²) in [6.45, 7) is 0. The number of hydrogen-bond donors (Lipinski definition) is 2. The summed E-state index contributed by atoms with van der Waals surface area (Å²) in [6.07, 6.45) is 7.03. The van der Waals surface area contributed by atoms with Crippen molar-refractivity contribution in [3.05, 3.63) is 29.8 Å². The van der Waals surface area contributed by atoms with Crippen molar-refractivity contribution in [2.45, 2.75) is 38.1 Å². The van der Waals surface area contributed by atoms with Crippen LogP contribution in [-0.4, -0.2) is 17.1 Å². The van der Waals surface area contributed by atoms with Gasteiger partial charge in [-0.2, -0.15) is 0 Å². The second-order valence-corrected chi connectivity index (χ2v) is 6.79. The van der Waals surface area contributed by atoms with E-state index in [9.17, 15) is 4.79 Å². The maximum atomic E-state index is 10.9. The Kier molecular flexibility index (Phi) is 2.76. The number of nitrogens with one attached hydrogen (secondary N) is 1. The van der Waals surface area contributed by atoms with Gasteiger partial charge in [-0.05, 0) is 80.0 Å². The van der Waals surface area contributed by atoms with E-state index in [1.165, 1.54) is 32.1 Å². The lowest BCUT2D eigenvalue weighted by Gasteiger charge is -2.30. The maximum absolute atomic E-state index is 10.9. The van der Waals surface area contributed by atoms with Gasteiger partial charge in [0.05, 0.1) is 5.56 Å². The highest BCUT2D eigenvalue weighted by Crippen LogP contribution is 2.59. The number of benzene rings is 1. The summed E-state index contributed by atoms with van der Waals surface area (Å²) in [4.78, 5) is 10.9. The Morgan fingerprint density at radius 3 is 2.55 bits per heavy atom. The fourth-order valence-electron chi connectivity index (χ4n) is 5.17. The molecule has 4 rings (SSSR count). The maximum Gasteiger partial charge on any atom is 0.335 e. The number of rotatable bonds is 3. The lowest BCUT2D eigenvalue weighted by Crippen LogP contribution is -2.31. The van der Waals surface area contributed by atoms with Crippen LogP contribution in [0.5, 0.6) is 0 Å². The third-order valence-electron chi connectivity index (χ3n) is 5.92. The molecule has 0 radical (unpaired) electrons. The van der Waals surface area contributed by atoms with Gasteiger partial charge in [-0.15, -0.1) is 0 Å². The van der Waals surface area contributed by atoms with Crippen LogP contribution in [0.4, 0.5) is 5.69 Å². The summed E-state index contributed by atoms with van der Waals surface area (Å²) in [7, 11) is 0. The quantitative estimate of drug-likeness (QED) is 0.882. The van der Waals surface area contributed by atoms with Gasteiger partial charge in [-0.1, -0.05) is 0 Å². The zero-order chi connectivity index (χ0) is 13.7. The van der Waals surface area contributed by atoms with E-state index < -0.39 is 5.97 Å². The van der Waals surface area contributed by atoms with Crippen molar-refractivity contribution < 1.29 is 9.90 Å². The Balaban J connectivity index is 1.48. The van der Waals surface area contributed by atoms with Crippen LogP contribution in [0, 0.1) is 23.7 Å². The van der Waals surface area contributed by atoms with Crippen LogP contribution in [0.25, 0.3) is 0 Å². The Morgan fingerprint density at radius 1 is 1.05 bits per heavy atom. The molecule has 0 spiro atoms. The first-order valence-electron chi connectivity index (χ1n) is 7.82. The summed E-state index contributed by atoms with van der Waals surface area (Å²) in [6, 6.07) is 7.80. The van der Waals surface area contributed by atoms with E-state index in [2.05, 4.69) is 5.32 Å². The predicted molar refractivity (Wildman–Crippen MR) is 77.9 cm³/mol. The molecule has 3 aliphatic rings. The van der Waals surface area contributed by atoms with Gasteiger partial charge in [0.1, 0.15) is 0 Å². The minimum absolute atomic E-state index is 0.361. The van der Waals surface area contributed by atoms with Crippen LogP contribution in [0.2, 0.25) is 0 Å². The monoisotopic (exact) mass is 271 g/mol. The number of carboxylic acid groups (broad SMARTS) is 1. The number of fused-ring (bicyclic) bond motifs is 5. The van der Waals surface area contributed by atoms with Gasteiger partial charge in [0.25, 0.3) is 0 Å². The van der Waals surface area contributed by atoms with E-state index in [0.717, 1.165) is 29.4 Å². The van der Waals surface area contributed by atoms with Crippen molar-refractivity contribution in [3.8, 4) is 0 Å². The second-order valence-electron chi connectivity index (χ2n) is 6.79. The molecular formula is C17H21NO2. The van der Waals surface area contributed by atoms with Crippen molar-refractivity contribution in [2.24, 2.45) is 23.7 Å². The van der Waals surface area contributed by atoms with Gasteiger partial charge >= 0.3 is 5.97 Å². The van der Waals surface area contributed by atoms with Gasteiger partial charge < -0.3 is 10.4 Å². The molecule has 0 aliphatic heterocycles. The van der Waals surface area contributed by atoms with Crippen LogP contribution in [0.3, 0.4) is 0 Å². The summed E-state index contributed by atoms with van der Waals surface area (Å²) in [5, 5.41) is 12.6. The van der Waals surface area contributed by atoms with Crippen molar-refractivity contribution in [1.29, 1.82) is 0 Å². The number of hydrogen-bond acceptors (Lipinski definition) is 2. The van der Waals surface area contributed by atoms with Crippen molar-refractivity contribution >= 4 is 11.7 Å². The molecule has 0 aromatic heterocycles. The van der Waals surface area contributed by atoms with Gasteiger partial charge in [0, 0.05) is 11.7 Å². The largest absolute Gasteiger partial charge is 0.478 e. The first-order chi connectivity index (χ1) is 9.72. The molecule has 1 aromatic carbocycles. The molecule has 2 bridgehead atoms. The standard InChI is InChI=1S/C17H21NO2/c19-17(20)10-3-5-13(6-4-10)18-15-8-7-14-11-1-2-12(9-11)16(14)15/h3-6,11-12,14-16,18H,1-2,7-9H2,(H,19,20). The van der Waals surface area contributed by atoms with Crippen molar-refractivity contribution in [1.82, 2.24) is 0 Å². The molecule has 3 saturated carbocycles. The van der Waals surface area contributed by atoms with Crippen LogP contribution in [-0.2, 0) is 0 Å². The molecule has 3 nitrogen and oxygen atoms in total. The fourth-order valence-corrected chi connectivity index (χ4v) is 5.17. The minimum atomic E-state index is -0.856. The number of carbonyl (C=O) groups is 1. The smallest absolute Gasteiger partial charge is 0.335 e. The molecule has 2 N–H and O–H groups in total. The lowest BCUT2D eigenvalue weighted by molar-refractivity contribution is 0.0697. The van der Waals surface area contributed by atoms with E-state index >= 15 is 0 Å². The molecule has 5 unspecified atom stereocenters.